The normalized spacial score (nSPS) is 16.4. The highest BCUT2D eigenvalue weighted by molar-refractivity contribution is 5.76. The summed E-state index contributed by atoms with van der Waals surface area (Å²) in [5, 5.41) is 0. The Morgan fingerprint density at radius 1 is 1.23 bits per heavy atom. The Morgan fingerprint density at radius 3 is 2.77 bits per heavy atom. The third-order valence-corrected chi connectivity index (χ3v) is 3.24. The SMILES string of the molecule is Cc1nc(OC2=COC(Cc3ccccc3)O2)ccc1C=O. The summed E-state index contributed by atoms with van der Waals surface area (Å²) in [6.45, 7) is 1.75. The van der Waals surface area contributed by atoms with Gasteiger partial charge in [-0.05, 0) is 18.6 Å². The number of aromatic nitrogens is 1. The van der Waals surface area contributed by atoms with Gasteiger partial charge in [0, 0.05) is 18.1 Å². The lowest BCUT2D eigenvalue weighted by Gasteiger charge is -2.11. The third kappa shape index (κ3) is 3.25. The van der Waals surface area contributed by atoms with Crippen molar-refractivity contribution in [2.75, 3.05) is 0 Å². The minimum Gasteiger partial charge on any atom is -0.455 e. The number of rotatable bonds is 5. The molecule has 1 aliphatic rings. The van der Waals surface area contributed by atoms with E-state index in [1.165, 1.54) is 6.26 Å². The molecule has 0 aliphatic carbocycles. The number of pyridine rings is 1. The zero-order valence-electron chi connectivity index (χ0n) is 12.1. The van der Waals surface area contributed by atoms with Gasteiger partial charge in [0.05, 0.1) is 5.69 Å². The van der Waals surface area contributed by atoms with E-state index in [9.17, 15) is 4.79 Å². The van der Waals surface area contributed by atoms with Crippen molar-refractivity contribution in [1.82, 2.24) is 4.98 Å². The summed E-state index contributed by atoms with van der Waals surface area (Å²) in [5.74, 6) is 0.616. The number of carbonyl (C=O) groups excluding carboxylic acids is 1. The molecule has 0 saturated carbocycles. The van der Waals surface area contributed by atoms with E-state index in [1.54, 1.807) is 19.1 Å². The summed E-state index contributed by atoms with van der Waals surface area (Å²) in [4.78, 5) is 14.9. The van der Waals surface area contributed by atoms with Crippen molar-refractivity contribution in [3.8, 4) is 5.88 Å². The molecule has 1 unspecified atom stereocenters. The lowest BCUT2D eigenvalue weighted by atomic mass is 10.1. The highest BCUT2D eigenvalue weighted by atomic mass is 16.8. The van der Waals surface area contributed by atoms with Crippen molar-refractivity contribution in [2.24, 2.45) is 0 Å². The molecule has 1 aliphatic heterocycles. The smallest absolute Gasteiger partial charge is 0.325 e. The van der Waals surface area contributed by atoms with Gasteiger partial charge in [0.25, 0.3) is 0 Å². The van der Waals surface area contributed by atoms with Crippen LogP contribution in [0.2, 0.25) is 0 Å². The van der Waals surface area contributed by atoms with Crippen LogP contribution in [-0.4, -0.2) is 17.6 Å². The van der Waals surface area contributed by atoms with Crippen molar-refractivity contribution < 1.29 is 19.0 Å². The molecule has 1 aromatic heterocycles. The quantitative estimate of drug-likeness (QED) is 0.794. The van der Waals surface area contributed by atoms with E-state index < -0.39 is 6.29 Å². The zero-order valence-corrected chi connectivity index (χ0v) is 12.1. The van der Waals surface area contributed by atoms with E-state index in [0.717, 1.165) is 11.8 Å². The summed E-state index contributed by atoms with van der Waals surface area (Å²) in [7, 11) is 0. The number of carbonyl (C=O) groups is 1. The van der Waals surface area contributed by atoms with Gasteiger partial charge in [-0.15, -0.1) is 0 Å². The van der Waals surface area contributed by atoms with Crippen molar-refractivity contribution >= 4 is 6.29 Å². The highest BCUT2D eigenvalue weighted by Crippen LogP contribution is 2.21. The number of aldehydes is 1. The molecule has 0 radical (unpaired) electrons. The van der Waals surface area contributed by atoms with Gasteiger partial charge in [-0.1, -0.05) is 30.3 Å². The standard InChI is InChI=1S/C17H15NO4/c1-12-14(10-19)7-8-15(18-12)21-17-11-20-16(22-17)9-13-5-3-2-4-6-13/h2-8,10-11,16H,9H2,1H3. The van der Waals surface area contributed by atoms with Crippen LogP contribution >= 0.6 is 0 Å². The summed E-state index contributed by atoms with van der Waals surface area (Å²) in [6, 6.07) is 13.2. The Balaban J connectivity index is 1.59. The van der Waals surface area contributed by atoms with E-state index >= 15 is 0 Å². The van der Waals surface area contributed by atoms with E-state index in [4.69, 9.17) is 14.2 Å². The topological polar surface area (TPSA) is 57.6 Å². The van der Waals surface area contributed by atoms with Gasteiger partial charge < -0.3 is 14.2 Å². The first-order chi connectivity index (χ1) is 10.7. The predicted molar refractivity (Wildman–Crippen MR) is 79.2 cm³/mol. The van der Waals surface area contributed by atoms with Crippen LogP contribution in [0.1, 0.15) is 21.6 Å². The van der Waals surface area contributed by atoms with Crippen molar-refractivity contribution in [1.29, 1.82) is 0 Å². The summed E-state index contributed by atoms with van der Waals surface area (Å²) in [5.41, 5.74) is 2.26. The van der Waals surface area contributed by atoms with Crippen LogP contribution in [0.4, 0.5) is 0 Å². The zero-order chi connectivity index (χ0) is 15.4. The number of ether oxygens (including phenoxy) is 3. The van der Waals surface area contributed by atoms with E-state index in [2.05, 4.69) is 4.98 Å². The fourth-order valence-electron chi connectivity index (χ4n) is 2.09. The van der Waals surface area contributed by atoms with Crippen LogP contribution in [0.15, 0.2) is 54.7 Å². The molecule has 3 rings (SSSR count). The molecule has 1 aromatic carbocycles. The molecular weight excluding hydrogens is 282 g/mol. The second-order valence-corrected chi connectivity index (χ2v) is 4.85. The molecule has 0 spiro atoms. The number of aryl methyl sites for hydroxylation is 1. The Kier molecular flexibility index (Phi) is 4.05. The molecule has 112 valence electrons. The molecule has 5 heteroatoms. The van der Waals surface area contributed by atoms with Gasteiger partial charge >= 0.3 is 5.95 Å². The van der Waals surface area contributed by atoms with Crippen LogP contribution in [0, 0.1) is 6.92 Å². The molecule has 1 atom stereocenters. The molecule has 0 amide bonds. The fraction of sp³-hybridized carbons (Fsp3) is 0.176. The first-order valence-corrected chi connectivity index (χ1v) is 6.91. The first kappa shape index (κ1) is 14.1. The average Bonchev–Trinajstić information content (AvgIpc) is 2.95. The van der Waals surface area contributed by atoms with Gasteiger partial charge in [-0.3, -0.25) is 4.79 Å². The predicted octanol–water partition coefficient (Wildman–Crippen LogP) is 3.00. The van der Waals surface area contributed by atoms with Crippen LogP contribution in [0.5, 0.6) is 5.88 Å². The van der Waals surface area contributed by atoms with Crippen molar-refractivity contribution in [3.63, 3.8) is 0 Å². The highest BCUT2D eigenvalue weighted by Gasteiger charge is 2.22. The van der Waals surface area contributed by atoms with Crippen molar-refractivity contribution in [2.45, 2.75) is 19.6 Å². The Labute approximate surface area is 128 Å². The number of nitrogens with zero attached hydrogens (tertiary/aromatic N) is 1. The lowest BCUT2D eigenvalue weighted by molar-refractivity contribution is -0.0524. The second kappa shape index (κ2) is 6.30. The van der Waals surface area contributed by atoms with E-state index in [0.29, 0.717) is 23.6 Å². The Morgan fingerprint density at radius 2 is 2.05 bits per heavy atom. The maximum Gasteiger partial charge on any atom is 0.325 e. The average molecular weight is 297 g/mol. The number of benzene rings is 1. The van der Waals surface area contributed by atoms with Crippen LogP contribution in [-0.2, 0) is 15.9 Å². The fourth-order valence-corrected chi connectivity index (χ4v) is 2.09. The first-order valence-electron chi connectivity index (χ1n) is 6.91. The molecule has 2 aromatic rings. The lowest BCUT2D eigenvalue weighted by Crippen LogP contribution is -2.13. The Bertz CT molecular complexity index is 697. The monoisotopic (exact) mass is 297 g/mol. The third-order valence-electron chi connectivity index (χ3n) is 3.24. The largest absolute Gasteiger partial charge is 0.455 e. The van der Waals surface area contributed by atoms with Crippen LogP contribution in [0.25, 0.3) is 0 Å². The van der Waals surface area contributed by atoms with E-state index in [-0.39, 0.29) is 5.95 Å². The Hall–Kier alpha value is -2.82. The van der Waals surface area contributed by atoms with Gasteiger partial charge in [0.15, 0.2) is 12.5 Å². The molecule has 0 saturated heterocycles. The maximum atomic E-state index is 10.8. The molecule has 0 bridgehead atoms. The number of hydrogen-bond acceptors (Lipinski definition) is 5. The summed E-state index contributed by atoms with van der Waals surface area (Å²) in [6.07, 6.45) is 2.41. The molecule has 22 heavy (non-hydrogen) atoms. The van der Waals surface area contributed by atoms with Crippen LogP contribution in [0.3, 0.4) is 0 Å². The maximum absolute atomic E-state index is 10.8. The van der Waals surface area contributed by atoms with Gasteiger partial charge in [0.1, 0.15) is 0 Å². The van der Waals surface area contributed by atoms with Crippen LogP contribution < -0.4 is 4.74 Å². The summed E-state index contributed by atoms with van der Waals surface area (Å²) < 4.78 is 16.5. The molecule has 2 heterocycles. The summed E-state index contributed by atoms with van der Waals surface area (Å²) >= 11 is 0. The van der Waals surface area contributed by atoms with Crippen molar-refractivity contribution in [3.05, 3.63) is 71.5 Å². The minimum atomic E-state index is -0.409. The molecule has 5 nitrogen and oxygen atoms in total. The van der Waals surface area contributed by atoms with Gasteiger partial charge in [-0.25, -0.2) is 4.98 Å². The van der Waals surface area contributed by atoms with Gasteiger partial charge in [-0.2, -0.15) is 0 Å². The molecule has 0 fully saturated rings. The second-order valence-electron chi connectivity index (χ2n) is 4.85. The molecule has 0 N–H and O–H groups in total. The number of hydrogen-bond donors (Lipinski definition) is 0. The molecular formula is C17H15NO4. The minimum absolute atomic E-state index is 0.256. The van der Waals surface area contributed by atoms with Gasteiger partial charge in [0.2, 0.25) is 12.2 Å². The van der Waals surface area contributed by atoms with E-state index in [1.807, 2.05) is 30.3 Å².